The molecule has 0 aliphatic heterocycles. The van der Waals surface area contributed by atoms with Crippen LogP contribution in [0.25, 0.3) is 0 Å². The molecule has 0 saturated heterocycles. The van der Waals surface area contributed by atoms with Crippen molar-refractivity contribution < 1.29 is 18.4 Å². The molecule has 2 aromatic rings. The molecule has 0 bridgehead atoms. The lowest BCUT2D eigenvalue weighted by Crippen LogP contribution is -2.37. The van der Waals surface area contributed by atoms with E-state index in [1.165, 1.54) is 13.0 Å². The van der Waals surface area contributed by atoms with Gasteiger partial charge in [0, 0.05) is 24.4 Å². The van der Waals surface area contributed by atoms with Crippen LogP contribution in [0.4, 0.5) is 20.2 Å². The van der Waals surface area contributed by atoms with Crippen LogP contribution in [0, 0.1) is 18.6 Å². The van der Waals surface area contributed by atoms with Crippen molar-refractivity contribution in [1.82, 2.24) is 0 Å². The van der Waals surface area contributed by atoms with Crippen molar-refractivity contribution in [2.45, 2.75) is 33.6 Å². The van der Waals surface area contributed by atoms with Crippen molar-refractivity contribution >= 4 is 23.2 Å². The number of nitrogens with zero attached hydrogens (tertiary/aromatic N) is 1. The molecular weight excluding hydrogens is 338 g/mol. The molecule has 138 valence electrons. The molecular formula is C20H22F2N2O2. The third kappa shape index (κ3) is 4.45. The van der Waals surface area contributed by atoms with Crippen LogP contribution in [-0.4, -0.2) is 18.4 Å². The molecule has 26 heavy (non-hydrogen) atoms. The molecule has 6 heteroatoms. The number of nitrogens with one attached hydrogen (secondary N) is 1. The number of hydrogen-bond donors (Lipinski definition) is 1. The van der Waals surface area contributed by atoms with E-state index < -0.39 is 23.4 Å². The largest absolute Gasteiger partial charge is 0.324 e. The number of benzene rings is 2. The van der Waals surface area contributed by atoms with E-state index in [0.717, 1.165) is 28.2 Å². The third-order valence-electron chi connectivity index (χ3n) is 4.09. The lowest BCUT2D eigenvalue weighted by molar-refractivity contribution is -0.120. The first-order valence-electron chi connectivity index (χ1n) is 8.33. The summed E-state index contributed by atoms with van der Waals surface area (Å²) in [4.78, 5) is 25.5. The minimum Gasteiger partial charge on any atom is -0.324 e. The SMILES string of the molecule is CC(=O)N(CC(=O)Nc1c(C)cccc1C(C)C)c1ccc(F)c(F)c1. The van der Waals surface area contributed by atoms with Crippen LogP contribution >= 0.6 is 0 Å². The van der Waals surface area contributed by atoms with E-state index in [1.54, 1.807) is 0 Å². The minimum absolute atomic E-state index is 0.125. The zero-order valence-electron chi connectivity index (χ0n) is 15.3. The van der Waals surface area contributed by atoms with Crippen LogP contribution in [0.2, 0.25) is 0 Å². The van der Waals surface area contributed by atoms with Crippen LogP contribution in [-0.2, 0) is 9.59 Å². The summed E-state index contributed by atoms with van der Waals surface area (Å²) in [5, 5.41) is 2.84. The third-order valence-corrected chi connectivity index (χ3v) is 4.09. The molecule has 2 rings (SSSR count). The molecule has 1 N–H and O–H groups in total. The predicted octanol–water partition coefficient (Wildman–Crippen LogP) is 4.39. The quantitative estimate of drug-likeness (QED) is 0.860. The second-order valence-electron chi connectivity index (χ2n) is 6.45. The van der Waals surface area contributed by atoms with Gasteiger partial charge in [-0.2, -0.15) is 0 Å². The number of amides is 2. The number of para-hydroxylation sites is 1. The standard InChI is InChI=1S/C20H22F2N2O2/c1-12(2)16-7-5-6-13(3)20(16)23-19(26)11-24(14(4)25)15-8-9-17(21)18(22)10-15/h5-10,12H,11H2,1-4H3,(H,23,26). The number of hydrogen-bond acceptors (Lipinski definition) is 2. The van der Waals surface area contributed by atoms with Gasteiger partial charge in [0.1, 0.15) is 6.54 Å². The van der Waals surface area contributed by atoms with Crippen molar-refractivity contribution in [2.24, 2.45) is 0 Å². The highest BCUT2D eigenvalue weighted by molar-refractivity contribution is 6.02. The van der Waals surface area contributed by atoms with Crippen LogP contribution in [0.3, 0.4) is 0 Å². The fraction of sp³-hybridized carbons (Fsp3) is 0.300. The zero-order valence-corrected chi connectivity index (χ0v) is 15.3. The number of carbonyl (C=O) groups is 2. The van der Waals surface area contributed by atoms with Gasteiger partial charge in [0.25, 0.3) is 0 Å². The number of aryl methyl sites for hydroxylation is 1. The molecule has 2 amide bonds. The van der Waals surface area contributed by atoms with Crippen molar-refractivity contribution in [3.8, 4) is 0 Å². The summed E-state index contributed by atoms with van der Waals surface area (Å²) in [6.07, 6.45) is 0. The molecule has 0 fully saturated rings. The normalized spacial score (nSPS) is 10.7. The van der Waals surface area contributed by atoms with Gasteiger partial charge in [-0.05, 0) is 36.1 Å². The van der Waals surface area contributed by atoms with Gasteiger partial charge < -0.3 is 10.2 Å². The lowest BCUT2D eigenvalue weighted by atomic mass is 9.98. The van der Waals surface area contributed by atoms with Crippen LogP contribution in [0.1, 0.15) is 37.8 Å². The second-order valence-corrected chi connectivity index (χ2v) is 6.45. The Bertz CT molecular complexity index is 835. The summed E-state index contributed by atoms with van der Waals surface area (Å²) < 4.78 is 26.6. The van der Waals surface area contributed by atoms with Crippen molar-refractivity contribution in [3.05, 3.63) is 59.2 Å². The molecule has 0 spiro atoms. The van der Waals surface area contributed by atoms with Gasteiger partial charge in [-0.15, -0.1) is 0 Å². The predicted molar refractivity (Wildman–Crippen MR) is 98.3 cm³/mol. The van der Waals surface area contributed by atoms with Gasteiger partial charge in [-0.3, -0.25) is 9.59 Å². The summed E-state index contributed by atoms with van der Waals surface area (Å²) in [7, 11) is 0. The smallest absolute Gasteiger partial charge is 0.244 e. The molecule has 2 aromatic carbocycles. The van der Waals surface area contributed by atoms with Gasteiger partial charge >= 0.3 is 0 Å². The summed E-state index contributed by atoms with van der Waals surface area (Å²) in [6, 6.07) is 8.84. The topological polar surface area (TPSA) is 49.4 Å². The van der Waals surface area contributed by atoms with Crippen molar-refractivity contribution in [3.63, 3.8) is 0 Å². The molecule has 0 atom stereocenters. The summed E-state index contributed by atoms with van der Waals surface area (Å²) in [6.45, 7) is 6.90. The zero-order chi connectivity index (χ0) is 19.4. The minimum atomic E-state index is -1.07. The fourth-order valence-corrected chi connectivity index (χ4v) is 2.70. The Morgan fingerprint density at radius 3 is 2.38 bits per heavy atom. The molecule has 0 aliphatic rings. The number of carbonyl (C=O) groups excluding carboxylic acids is 2. The average Bonchev–Trinajstić information content (AvgIpc) is 2.56. The van der Waals surface area contributed by atoms with Crippen molar-refractivity contribution in [1.29, 1.82) is 0 Å². The highest BCUT2D eigenvalue weighted by Crippen LogP contribution is 2.27. The number of halogens is 2. The van der Waals surface area contributed by atoms with E-state index in [-0.39, 0.29) is 18.2 Å². The highest BCUT2D eigenvalue weighted by Gasteiger charge is 2.19. The molecule has 4 nitrogen and oxygen atoms in total. The van der Waals surface area contributed by atoms with Gasteiger partial charge in [0.05, 0.1) is 0 Å². The van der Waals surface area contributed by atoms with Crippen LogP contribution in [0.5, 0.6) is 0 Å². The average molecular weight is 360 g/mol. The second kappa shape index (κ2) is 8.08. The molecule has 0 aliphatic carbocycles. The van der Waals surface area contributed by atoms with Gasteiger partial charge in [-0.1, -0.05) is 32.0 Å². The van der Waals surface area contributed by atoms with E-state index in [9.17, 15) is 18.4 Å². The number of rotatable bonds is 5. The Kier molecular flexibility index (Phi) is 6.08. The van der Waals surface area contributed by atoms with Gasteiger partial charge in [0.15, 0.2) is 11.6 Å². The summed E-state index contributed by atoms with van der Waals surface area (Å²) >= 11 is 0. The maximum Gasteiger partial charge on any atom is 0.244 e. The molecule has 0 radical (unpaired) electrons. The van der Waals surface area contributed by atoms with Crippen LogP contribution < -0.4 is 10.2 Å². The Balaban J connectivity index is 2.24. The first-order chi connectivity index (χ1) is 12.2. The van der Waals surface area contributed by atoms with E-state index in [4.69, 9.17) is 0 Å². The lowest BCUT2D eigenvalue weighted by Gasteiger charge is -2.22. The summed E-state index contributed by atoms with van der Waals surface area (Å²) in [5.41, 5.74) is 2.73. The molecule has 0 saturated carbocycles. The van der Waals surface area contributed by atoms with Gasteiger partial charge in [-0.25, -0.2) is 8.78 Å². The maximum atomic E-state index is 13.5. The van der Waals surface area contributed by atoms with Gasteiger partial charge in [0.2, 0.25) is 11.8 Å². The Labute approximate surface area is 151 Å². The Hall–Kier alpha value is -2.76. The van der Waals surface area contributed by atoms with E-state index in [0.29, 0.717) is 5.69 Å². The Morgan fingerprint density at radius 1 is 1.12 bits per heavy atom. The fourth-order valence-electron chi connectivity index (χ4n) is 2.70. The van der Waals surface area contributed by atoms with E-state index in [2.05, 4.69) is 5.32 Å². The maximum absolute atomic E-state index is 13.5. The van der Waals surface area contributed by atoms with E-state index >= 15 is 0 Å². The first kappa shape index (κ1) is 19.6. The molecule has 0 aromatic heterocycles. The first-order valence-corrected chi connectivity index (χ1v) is 8.33. The number of anilines is 2. The Morgan fingerprint density at radius 2 is 1.81 bits per heavy atom. The molecule has 0 heterocycles. The molecule has 0 unspecified atom stereocenters. The van der Waals surface area contributed by atoms with E-state index in [1.807, 2.05) is 39.0 Å². The highest BCUT2D eigenvalue weighted by atomic mass is 19.2. The summed E-state index contributed by atoms with van der Waals surface area (Å²) in [5.74, 6) is -2.74. The van der Waals surface area contributed by atoms with Crippen molar-refractivity contribution in [2.75, 3.05) is 16.8 Å². The van der Waals surface area contributed by atoms with Crippen LogP contribution in [0.15, 0.2) is 36.4 Å². The monoisotopic (exact) mass is 360 g/mol.